The van der Waals surface area contributed by atoms with Crippen molar-refractivity contribution in [3.8, 4) is 5.75 Å². The molecule has 0 saturated heterocycles. The molecule has 0 amide bonds. The van der Waals surface area contributed by atoms with Gasteiger partial charge in [0.15, 0.2) is 0 Å². The van der Waals surface area contributed by atoms with Gasteiger partial charge in [0.2, 0.25) is 0 Å². The fraction of sp³-hybridized carbons (Fsp3) is 0.538. The summed E-state index contributed by atoms with van der Waals surface area (Å²) >= 11 is 3.54. The average molecular weight is 286 g/mol. The fourth-order valence-electron chi connectivity index (χ4n) is 1.71. The van der Waals surface area contributed by atoms with Gasteiger partial charge in [-0.3, -0.25) is 0 Å². The van der Waals surface area contributed by atoms with Crippen LogP contribution in [0.1, 0.15) is 38.8 Å². The second kappa shape index (κ2) is 5.19. The third-order valence-electron chi connectivity index (χ3n) is 2.44. The lowest BCUT2D eigenvalue weighted by atomic mass is 9.86. The molecule has 3 heteroatoms. The van der Waals surface area contributed by atoms with Crippen LogP contribution in [0.4, 0.5) is 0 Å². The molecule has 0 aromatic heterocycles. The van der Waals surface area contributed by atoms with E-state index in [2.05, 4.69) is 36.7 Å². The zero-order valence-corrected chi connectivity index (χ0v) is 12.0. The Balaban J connectivity index is 2.88. The Morgan fingerprint density at radius 2 is 2.00 bits per heavy atom. The minimum atomic E-state index is 0.0558. The van der Waals surface area contributed by atoms with Gasteiger partial charge >= 0.3 is 0 Å². The van der Waals surface area contributed by atoms with Crippen molar-refractivity contribution >= 4 is 15.9 Å². The summed E-state index contributed by atoms with van der Waals surface area (Å²) in [6.45, 7) is 6.60. The SMILES string of the molecule is COc1ccc(C(N)CC(C)(C)C)c(Br)c1. The van der Waals surface area contributed by atoms with E-state index in [-0.39, 0.29) is 11.5 Å². The lowest BCUT2D eigenvalue weighted by Crippen LogP contribution is -2.19. The van der Waals surface area contributed by atoms with Crippen molar-refractivity contribution in [2.75, 3.05) is 7.11 Å². The molecule has 0 aliphatic heterocycles. The van der Waals surface area contributed by atoms with Crippen LogP contribution in [0, 0.1) is 5.41 Å². The van der Waals surface area contributed by atoms with Gasteiger partial charge in [0, 0.05) is 10.5 Å². The molecule has 0 heterocycles. The van der Waals surface area contributed by atoms with Gasteiger partial charge in [0.05, 0.1) is 7.11 Å². The smallest absolute Gasteiger partial charge is 0.120 e. The van der Waals surface area contributed by atoms with Crippen LogP contribution in [0.2, 0.25) is 0 Å². The second-order valence-corrected chi connectivity index (χ2v) is 6.11. The highest BCUT2D eigenvalue weighted by Gasteiger charge is 2.18. The first-order chi connectivity index (χ1) is 7.33. The van der Waals surface area contributed by atoms with Crippen molar-refractivity contribution < 1.29 is 4.74 Å². The van der Waals surface area contributed by atoms with E-state index in [1.807, 2.05) is 18.2 Å². The first kappa shape index (κ1) is 13.5. The van der Waals surface area contributed by atoms with Crippen LogP contribution < -0.4 is 10.5 Å². The molecule has 0 fully saturated rings. The molecule has 0 aliphatic rings. The van der Waals surface area contributed by atoms with E-state index in [9.17, 15) is 0 Å². The summed E-state index contributed by atoms with van der Waals surface area (Å²) in [4.78, 5) is 0. The molecule has 0 saturated carbocycles. The second-order valence-electron chi connectivity index (χ2n) is 5.26. The van der Waals surface area contributed by atoms with E-state index in [0.717, 1.165) is 22.2 Å². The standard InChI is InChI=1S/C13H20BrNO/c1-13(2,3)8-12(15)10-6-5-9(16-4)7-11(10)14/h5-7,12H,8,15H2,1-4H3. The Morgan fingerprint density at radius 1 is 1.38 bits per heavy atom. The molecule has 0 aliphatic carbocycles. The molecule has 2 N–H and O–H groups in total. The molecule has 1 aromatic rings. The van der Waals surface area contributed by atoms with Gasteiger partial charge in [0.1, 0.15) is 5.75 Å². The van der Waals surface area contributed by atoms with Crippen LogP contribution in [0.5, 0.6) is 5.75 Å². The van der Waals surface area contributed by atoms with Crippen LogP contribution in [-0.4, -0.2) is 7.11 Å². The Kier molecular flexibility index (Phi) is 4.39. The molecule has 90 valence electrons. The molecule has 16 heavy (non-hydrogen) atoms. The lowest BCUT2D eigenvalue weighted by Gasteiger charge is -2.24. The fourth-order valence-corrected chi connectivity index (χ4v) is 2.36. The van der Waals surface area contributed by atoms with E-state index < -0.39 is 0 Å². The molecule has 0 spiro atoms. The number of benzene rings is 1. The Bertz CT molecular complexity index is 357. The minimum Gasteiger partial charge on any atom is -0.497 e. The predicted molar refractivity (Wildman–Crippen MR) is 71.7 cm³/mol. The van der Waals surface area contributed by atoms with E-state index >= 15 is 0 Å². The zero-order chi connectivity index (χ0) is 12.3. The highest BCUT2D eigenvalue weighted by atomic mass is 79.9. The summed E-state index contributed by atoms with van der Waals surface area (Å²) in [5, 5.41) is 0. The molecule has 0 bridgehead atoms. The first-order valence-corrected chi connectivity index (χ1v) is 6.22. The van der Waals surface area contributed by atoms with Crippen molar-refractivity contribution in [1.29, 1.82) is 0 Å². The maximum atomic E-state index is 6.20. The molecular weight excluding hydrogens is 266 g/mol. The van der Waals surface area contributed by atoms with Crippen molar-refractivity contribution in [1.82, 2.24) is 0 Å². The number of halogens is 1. The van der Waals surface area contributed by atoms with Gasteiger partial charge in [-0.05, 0) is 29.5 Å². The number of rotatable bonds is 3. The number of nitrogens with two attached hydrogens (primary N) is 1. The molecular formula is C13H20BrNO. The van der Waals surface area contributed by atoms with Gasteiger partial charge in [-0.15, -0.1) is 0 Å². The number of hydrogen-bond donors (Lipinski definition) is 1. The Hall–Kier alpha value is -0.540. The molecule has 1 aromatic carbocycles. The number of ether oxygens (including phenoxy) is 1. The third-order valence-corrected chi connectivity index (χ3v) is 3.13. The first-order valence-electron chi connectivity index (χ1n) is 5.42. The van der Waals surface area contributed by atoms with E-state index in [4.69, 9.17) is 10.5 Å². The van der Waals surface area contributed by atoms with Crippen LogP contribution >= 0.6 is 15.9 Å². The molecule has 2 nitrogen and oxygen atoms in total. The molecule has 1 rings (SSSR count). The van der Waals surface area contributed by atoms with Gasteiger partial charge in [-0.2, -0.15) is 0 Å². The molecule has 1 atom stereocenters. The summed E-state index contributed by atoms with van der Waals surface area (Å²) in [7, 11) is 1.66. The normalized spacial score (nSPS) is 13.6. The van der Waals surface area contributed by atoms with E-state index in [1.54, 1.807) is 7.11 Å². The van der Waals surface area contributed by atoms with Crippen LogP contribution in [0.15, 0.2) is 22.7 Å². The Morgan fingerprint density at radius 3 is 2.44 bits per heavy atom. The lowest BCUT2D eigenvalue weighted by molar-refractivity contribution is 0.342. The maximum Gasteiger partial charge on any atom is 0.120 e. The van der Waals surface area contributed by atoms with Crippen LogP contribution in [-0.2, 0) is 0 Å². The van der Waals surface area contributed by atoms with Gasteiger partial charge in [-0.1, -0.05) is 42.8 Å². The largest absolute Gasteiger partial charge is 0.497 e. The maximum absolute atomic E-state index is 6.20. The number of hydrogen-bond acceptors (Lipinski definition) is 2. The van der Waals surface area contributed by atoms with E-state index in [0.29, 0.717) is 0 Å². The summed E-state index contributed by atoms with van der Waals surface area (Å²) in [6, 6.07) is 5.99. The third kappa shape index (κ3) is 3.80. The molecule has 0 radical (unpaired) electrons. The molecule has 1 unspecified atom stereocenters. The highest BCUT2D eigenvalue weighted by molar-refractivity contribution is 9.10. The Labute approximate surface area is 106 Å². The van der Waals surface area contributed by atoms with Crippen LogP contribution in [0.3, 0.4) is 0 Å². The summed E-state index contributed by atoms with van der Waals surface area (Å²) in [5.74, 6) is 0.846. The predicted octanol–water partition coefficient (Wildman–Crippen LogP) is 3.89. The summed E-state index contributed by atoms with van der Waals surface area (Å²) in [6.07, 6.45) is 0.956. The van der Waals surface area contributed by atoms with Gasteiger partial charge in [-0.25, -0.2) is 0 Å². The summed E-state index contributed by atoms with van der Waals surface area (Å²) < 4.78 is 6.18. The van der Waals surface area contributed by atoms with Crippen molar-refractivity contribution in [2.24, 2.45) is 11.1 Å². The topological polar surface area (TPSA) is 35.2 Å². The average Bonchev–Trinajstić information content (AvgIpc) is 2.14. The summed E-state index contributed by atoms with van der Waals surface area (Å²) in [5.41, 5.74) is 7.57. The van der Waals surface area contributed by atoms with Gasteiger partial charge < -0.3 is 10.5 Å². The van der Waals surface area contributed by atoms with Crippen molar-refractivity contribution in [3.63, 3.8) is 0 Å². The monoisotopic (exact) mass is 285 g/mol. The highest BCUT2D eigenvalue weighted by Crippen LogP contribution is 2.33. The van der Waals surface area contributed by atoms with E-state index in [1.165, 1.54) is 0 Å². The van der Waals surface area contributed by atoms with Crippen molar-refractivity contribution in [2.45, 2.75) is 33.2 Å². The number of methoxy groups -OCH3 is 1. The van der Waals surface area contributed by atoms with Gasteiger partial charge in [0.25, 0.3) is 0 Å². The quantitative estimate of drug-likeness (QED) is 0.914. The zero-order valence-electron chi connectivity index (χ0n) is 10.4. The van der Waals surface area contributed by atoms with Crippen molar-refractivity contribution in [3.05, 3.63) is 28.2 Å². The minimum absolute atomic E-state index is 0.0558. The van der Waals surface area contributed by atoms with Crippen LogP contribution in [0.25, 0.3) is 0 Å².